The zero-order chi connectivity index (χ0) is 14.5. The van der Waals surface area contributed by atoms with E-state index in [-0.39, 0.29) is 17.9 Å². The second-order valence-electron chi connectivity index (χ2n) is 5.11. The van der Waals surface area contributed by atoms with Crippen LogP contribution in [0.5, 0.6) is 0 Å². The minimum atomic E-state index is -0.749. The van der Waals surface area contributed by atoms with Gasteiger partial charge in [-0.1, -0.05) is 6.07 Å². The largest absolute Gasteiger partial charge is 0.481 e. The van der Waals surface area contributed by atoms with Gasteiger partial charge in [-0.15, -0.1) is 11.3 Å². The lowest BCUT2D eigenvalue weighted by Crippen LogP contribution is -2.44. The Morgan fingerprint density at radius 2 is 2.20 bits per heavy atom. The number of nitrogens with zero attached hydrogens (tertiary/aromatic N) is 1. The van der Waals surface area contributed by atoms with Crippen molar-refractivity contribution >= 4 is 23.2 Å². The van der Waals surface area contributed by atoms with Crippen LogP contribution >= 0.6 is 11.3 Å². The van der Waals surface area contributed by atoms with Crippen molar-refractivity contribution in [3.8, 4) is 0 Å². The van der Waals surface area contributed by atoms with Crippen molar-refractivity contribution in [2.75, 3.05) is 19.6 Å². The van der Waals surface area contributed by atoms with Gasteiger partial charge in [0.05, 0.1) is 12.5 Å². The van der Waals surface area contributed by atoms with Crippen LogP contribution in [0, 0.1) is 5.92 Å². The topological polar surface area (TPSA) is 69.6 Å². The molecule has 2 N–H and O–H groups in total. The molecule has 0 aliphatic carbocycles. The molecule has 0 spiro atoms. The van der Waals surface area contributed by atoms with Crippen LogP contribution < -0.4 is 5.32 Å². The Hall–Kier alpha value is -1.40. The SMILES string of the molecule is C[C@H](NCC(=O)N1CCC(C(=O)O)CC1)c1cccs1. The first-order valence-corrected chi connectivity index (χ1v) is 7.73. The van der Waals surface area contributed by atoms with Gasteiger partial charge in [-0.3, -0.25) is 9.59 Å². The van der Waals surface area contributed by atoms with Gasteiger partial charge < -0.3 is 15.3 Å². The van der Waals surface area contributed by atoms with Crippen molar-refractivity contribution in [3.05, 3.63) is 22.4 Å². The molecule has 20 heavy (non-hydrogen) atoms. The maximum Gasteiger partial charge on any atom is 0.306 e. The van der Waals surface area contributed by atoms with Crippen molar-refractivity contribution in [1.29, 1.82) is 0 Å². The third-order valence-corrected chi connectivity index (χ3v) is 4.78. The van der Waals surface area contributed by atoms with E-state index in [0.717, 1.165) is 0 Å². The minimum Gasteiger partial charge on any atom is -0.481 e. The maximum absolute atomic E-state index is 12.1. The second kappa shape index (κ2) is 6.85. The van der Waals surface area contributed by atoms with Crippen molar-refractivity contribution in [3.63, 3.8) is 0 Å². The summed E-state index contributed by atoms with van der Waals surface area (Å²) in [6.07, 6.45) is 1.11. The Morgan fingerprint density at radius 1 is 1.50 bits per heavy atom. The Morgan fingerprint density at radius 3 is 2.75 bits per heavy atom. The maximum atomic E-state index is 12.1. The first-order chi connectivity index (χ1) is 9.58. The summed E-state index contributed by atoms with van der Waals surface area (Å²) in [5.74, 6) is -0.990. The van der Waals surface area contributed by atoms with Gasteiger partial charge in [0, 0.05) is 24.0 Å². The molecule has 0 unspecified atom stereocenters. The average Bonchev–Trinajstić information content (AvgIpc) is 2.98. The first-order valence-electron chi connectivity index (χ1n) is 6.85. The fourth-order valence-corrected chi connectivity index (χ4v) is 3.13. The number of rotatable bonds is 5. The lowest BCUT2D eigenvalue weighted by molar-refractivity contribution is -0.145. The molecule has 0 radical (unpaired) electrons. The van der Waals surface area contributed by atoms with Crippen molar-refractivity contribution < 1.29 is 14.7 Å². The van der Waals surface area contributed by atoms with Gasteiger partial charge in [-0.2, -0.15) is 0 Å². The summed E-state index contributed by atoms with van der Waals surface area (Å²) < 4.78 is 0. The van der Waals surface area contributed by atoms with E-state index in [1.807, 2.05) is 24.4 Å². The van der Waals surface area contributed by atoms with E-state index in [4.69, 9.17) is 5.11 Å². The summed E-state index contributed by atoms with van der Waals surface area (Å²) in [6.45, 7) is 3.43. The van der Waals surface area contributed by atoms with E-state index < -0.39 is 5.97 Å². The van der Waals surface area contributed by atoms with Gasteiger partial charge in [-0.05, 0) is 31.2 Å². The molecule has 2 rings (SSSR count). The lowest BCUT2D eigenvalue weighted by Gasteiger charge is -2.30. The number of carboxylic acids is 1. The summed E-state index contributed by atoms with van der Waals surface area (Å²) in [5.41, 5.74) is 0. The number of carboxylic acid groups (broad SMARTS) is 1. The van der Waals surface area contributed by atoms with Crippen LogP contribution in [0.15, 0.2) is 17.5 Å². The number of amides is 1. The highest BCUT2D eigenvalue weighted by atomic mass is 32.1. The molecule has 1 atom stereocenters. The summed E-state index contributed by atoms with van der Waals surface area (Å²) in [7, 11) is 0. The van der Waals surface area contributed by atoms with Crippen LogP contribution in [-0.4, -0.2) is 41.5 Å². The third kappa shape index (κ3) is 3.80. The summed E-state index contributed by atoms with van der Waals surface area (Å²) in [6, 6.07) is 4.21. The van der Waals surface area contributed by atoms with E-state index in [1.54, 1.807) is 16.2 Å². The van der Waals surface area contributed by atoms with Crippen molar-refractivity contribution in [1.82, 2.24) is 10.2 Å². The summed E-state index contributed by atoms with van der Waals surface area (Å²) >= 11 is 1.67. The molecule has 1 aliphatic rings. The van der Waals surface area contributed by atoms with Gasteiger partial charge in [0.1, 0.15) is 0 Å². The van der Waals surface area contributed by atoms with Crippen LogP contribution in [0.2, 0.25) is 0 Å². The monoisotopic (exact) mass is 296 g/mol. The molecule has 1 amide bonds. The molecule has 110 valence electrons. The Bertz CT molecular complexity index is 453. The molecule has 1 saturated heterocycles. The molecule has 1 fully saturated rings. The van der Waals surface area contributed by atoms with Gasteiger partial charge in [0.25, 0.3) is 0 Å². The highest BCUT2D eigenvalue weighted by Crippen LogP contribution is 2.19. The summed E-state index contributed by atoms with van der Waals surface area (Å²) in [5, 5.41) is 14.2. The van der Waals surface area contributed by atoms with Crippen LogP contribution in [0.1, 0.15) is 30.7 Å². The highest BCUT2D eigenvalue weighted by Gasteiger charge is 2.26. The summed E-state index contributed by atoms with van der Waals surface area (Å²) in [4.78, 5) is 25.9. The number of thiophene rings is 1. The molecule has 6 heteroatoms. The Kier molecular flexibility index (Phi) is 5.14. The highest BCUT2D eigenvalue weighted by molar-refractivity contribution is 7.10. The molecule has 2 heterocycles. The van der Waals surface area contributed by atoms with E-state index in [0.29, 0.717) is 32.5 Å². The number of hydrogen-bond acceptors (Lipinski definition) is 4. The predicted molar refractivity (Wildman–Crippen MR) is 77.7 cm³/mol. The minimum absolute atomic E-state index is 0.0530. The van der Waals surface area contributed by atoms with E-state index in [1.165, 1.54) is 4.88 Å². The van der Waals surface area contributed by atoms with Gasteiger partial charge in [0.15, 0.2) is 0 Å². The normalized spacial score (nSPS) is 17.9. The molecule has 0 bridgehead atoms. The van der Waals surface area contributed by atoms with Crippen LogP contribution in [-0.2, 0) is 9.59 Å². The number of piperidine rings is 1. The molecule has 0 saturated carbocycles. The first kappa shape index (κ1) is 15.0. The van der Waals surface area contributed by atoms with Crippen LogP contribution in [0.25, 0.3) is 0 Å². The number of hydrogen-bond donors (Lipinski definition) is 2. The molecule has 5 nitrogen and oxygen atoms in total. The van der Waals surface area contributed by atoms with Crippen LogP contribution in [0.3, 0.4) is 0 Å². The fraction of sp³-hybridized carbons (Fsp3) is 0.571. The zero-order valence-corrected chi connectivity index (χ0v) is 12.4. The number of aliphatic carboxylic acids is 1. The van der Waals surface area contributed by atoms with Crippen LogP contribution in [0.4, 0.5) is 0 Å². The smallest absolute Gasteiger partial charge is 0.306 e. The second-order valence-corrected chi connectivity index (χ2v) is 6.09. The molecule has 0 aromatic carbocycles. The lowest BCUT2D eigenvalue weighted by atomic mass is 9.97. The van der Waals surface area contributed by atoms with Crippen molar-refractivity contribution in [2.24, 2.45) is 5.92 Å². The molecular weight excluding hydrogens is 276 g/mol. The molecular formula is C14H20N2O3S. The average molecular weight is 296 g/mol. The van der Waals surface area contributed by atoms with Gasteiger partial charge in [-0.25, -0.2) is 0 Å². The predicted octanol–water partition coefficient (Wildman–Crippen LogP) is 1.72. The fourth-order valence-electron chi connectivity index (χ4n) is 2.37. The number of nitrogens with one attached hydrogen (secondary N) is 1. The van der Waals surface area contributed by atoms with E-state index in [9.17, 15) is 9.59 Å². The molecule has 1 aromatic heterocycles. The quantitative estimate of drug-likeness (QED) is 0.868. The number of carbonyl (C=O) groups excluding carboxylic acids is 1. The Labute approximate surface area is 122 Å². The molecule has 1 aliphatic heterocycles. The third-order valence-electron chi connectivity index (χ3n) is 3.73. The number of carbonyl (C=O) groups is 2. The Balaban J connectivity index is 1.74. The standard InChI is InChI=1S/C14H20N2O3S/c1-10(12-3-2-8-20-12)15-9-13(17)16-6-4-11(5-7-16)14(18)19/h2-3,8,10-11,15H,4-7,9H2,1H3,(H,18,19)/t10-/m0/s1. The molecule has 1 aromatic rings. The zero-order valence-electron chi connectivity index (χ0n) is 11.5. The number of likely N-dealkylation sites (tertiary alicyclic amines) is 1. The van der Waals surface area contributed by atoms with E-state index in [2.05, 4.69) is 5.32 Å². The van der Waals surface area contributed by atoms with E-state index >= 15 is 0 Å². The van der Waals surface area contributed by atoms with Gasteiger partial charge >= 0.3 is 5.97 Å². The van der Waals surface area contributed by atoms with Gasteiger partial charge in [0.2, 0.25) is 5.91 Å². The van der Waals surface area contributed by atoms with Crippen molar-refractivity contribution in [2.45, 2.75) is 25.8 Å².